The molecule has 1 aromatic carbocycles. The van der Waals surface area contributed by atoms with Crippen LogP contribution in [0.3, 0.4) is 0 Å². The Balaban J connectivity index is 3.27. The fourth-order valence-electron chi connectivity index (χ4n) is 1.80. The van der Waals surface area contributed by atoms with E-state index >= 15 is 0 Å². The fourth-order valence-corrected chi connectivity index (χ4v) is 1.80. The van der Waals surface area contributed by atoms with Crippen LogP contribution in [0, 0.1) is 0 Å². The van der Waals surface area contributed by atoms with Crippen molar-refractivity contribution in [3.63, 3.8) is 0 Å². The number of amides is 1. The normalized spacial score (nSPS) is 10.1. The summed E-state index contributed by atoms with van der Waals surface area (Å²) in [4.78, 5) is 13.2. The summed E-state index contributed by atoms with van der Waals surface area (Å²) in [6.45, 7) is 5.84. The Labute approximate surface area is 91.9 Å². The van der Waals surface area contributed by atoms with Gasteiger partial charge in [-0.2, -0.15) is 0 Å². The maximum atomic E-state index is 11.4. The SMILES string of the molecule is CCc1cccc(CC)c1N(C)C(C)=O. The molecule has 0 aliphatic rings. The number of para-hydroxylation sites is 1. The number of rotatable bonds is 3. The molecule has 0 unspecified atom stereocenters. The average molecular weight is 205 g/mol. The van der Waals surface area contributed by atoms with Crippen molar-refractivity contribution in [2.24, 2.45) is 0 Å². The molecule has 82 valence electrons. The highest BCUT2D eigenvalue weighted by Gasteiger charge is 2.13. The van der Waals surface area contributed by atoms with E-state index in [4.69, 9.17) is 0 Å². The first-order valence-corrected chi connectivity index (χ1v) is 5.46. The lowest BCUT2D eigenvalue weighted by molar-refractivity contribution is -0.116. The Kier molecular flexibility index (Phi) is 3.89. The van der Waals surface area contributed by atoms with E-state index in [0.29, 0.717) is 0 Å². The van der Waals surface area contributed by atoms with Crippen molar-refractivity contribution >= 4 is 11.6 Å². The van der Waals surface area contributed by atoms with Gasteiger partial charge in [0.25, 0.3) is 0 Å². The van der Waals surface area contributed by atoms with Crippen LogP contribution in [0.25, 0.3) is 0 Å². The van der Waals surface area contributed by atoms with Crippen LogP contribution < -0.4 is 4.90 Å². The van der Waals surface area contributed by atoms with Gasteiger partial charge in [-0.05, 0) is 24.0 Å². The van der Waals surface area contributed by atoms with Crippen molar-refractivity contribution in [3.05, 3.63) is 29.3 Å². The molecule has 0 aromatic heterocycles. The third-order valence-electron chi connectivity index (χ3n) is 2.77. The van der Waals surface area contributed by atoms with E-state index in [2.05, 4.69) is 32.0 Å². The van der Waals surface area contributed by atoms with Gasteiger partial charge in [-0.1, -0.05) is 32.0 Å². The van der Waals surface area contributed by atoms with Crippen LogP contribution in [0.4, 0.5) is 5.69 Å². The first kappa shape index (κ1) is 11.8. The third-order valence-corrected chi connectivity index (χ3v) is 2.77. The molecule has 0 bridgehead atoms. The van der Waals surface area contributed by atoms with Crippen LogP contribution in [0.1, 0.15) is 31.9 Å². The minimum Gasteiger partial charge on any atom is -0.315 e. The van der Waals surface area contributed by atoms with Crippen LogP contribution >= 0.6 is 0 Å². The highest BCUT2D eigenvalue weighted by atomic mass is 16.2. The van der Waals surface area contributed by atoms with Crippen molar-refractivity contribution < 1.29 is 4.79 Å². The van der Waals surface area contributed by atoms with Gasteiger partial charge in [0.1, 0.15) is 0 Å². The first-order chi connectivity index (χ1) is 7.11. The van der Waals surface area contributed by atoms with Crippen LogP contribution in [0.5, 0.6) is 0 Å². The summed E-state index contributed by atoms with van der Waals surface area (Å²) in [7, 11) is 1.84. The van der Waals surface area contributed by atoms with Crippen molar-refractivity contribution in [3.8, 4) is 0 Å². The molecule has 1 amide bonds. The molecular weight excluding hydrogens is 186 g/mol. The van der Waals surface area contributed by atoms with E-state index in [1.165, 1.54) is 11.1 Å². The van der Waals surface area contributed by atoms with Crippen LogP contribution in [-0.4, -0.2) is 13.0 Å². The van der Waals surface area contributed by atoms with Gasteiger partial charge in [-0.15, -0.1) is 0 Å². The highest BCUT2D eigenvalue weighted by Crippen LogP contribution is 2.25. The van der Waals surface area contributed by atoms with Gasteiger partial charge in [0.15, 0.2) is 0 Å². The molecule has 0 fully saturated rings. The van der Waals surface area contributed by atoms with Crippen molar-refractivity contribution in [1.82, 2.24) is 0 Å². The molecule has 2 heteroatoms. The summed E-state index contributed by atoms with van der Waals surface area (Å²) in [5.74, 6) is 0.0885. The van der Waals surface area contributed by atoms with Crippen LogP contribution in [0.15, 0.2) is 18.2 Å². The lowest BCUT2D eigenvalue weighted by atomic mass is 10.0. The molecule has 0 saturated heterocycles. The minimum atomic E-state index is 0.0885. The van der Waals surface area contributed by atoms with E-state index in [-0.39, 0.29) is 5.91 Å². The van der Waals surface area contributed by atoms with Gasteiger partial charge in [0, 0.05) is 19.7 Å². The van der Waals surface area contributed by atoms with Gasteiger partial charge in [0.2, 0.25) is 5.91 Å². The molecule has 0 heterocycles. The molecule has 1 rings (SSSR count). The number of hydrogen-bond acceptors (Lipinski definition) is 1. The van der Waals surface area contributed by atoms with Gasteiger partial charge in [0.05, 0.1) is 0 Å². The summed E-state index contributed by atoms with van der Waals surface area (Å²) in [6, 6.07) is 6.25. The molecule has 0 N–H and O–H groups in total. The fraction of sp³-hybridized carbons (Fsp3) is 0.462. The molecule has 15 heavy (non-hydrogen) atoms. The lowest BCUT2D eigenvalue weighted by Crippen LogP contribution is -2.25. The number of nitrogens with zero attached hydrogens (tertiary/aromatic N) is 1. The molecule has 0 aliphatic carbocycles. The summed E-state index contributed by atoms with van der Waals surface area (Å²) in [5.41, 5.74) is 3.58. The average Bonchev–Trinajstić information content (AvgIpc) is 2.26. The first-order valence-electron chi connectivity index (χ1n) is 5.46. The maximum Gasteiger partial charge on any atom is 0.223 e. The molecule has 1 aromatic rings. The van der Waals surface area contributed by atoms with E-state index in [9.17, 15) is 4.79 Å². The molecule has 0 radical (unpaired) electrons. The second-order valence-corrected chi connectivity index (χ2v) is 3.71. The third kappa shape index (κ3) is 2.38. The largest absolute Gasteiger partial charge is 0.315 e. The van der Waals surface area contributed by atoms with Crippen LogP contribution in [0.2, 0.25) is 0 Å². The van der Waals surface area contributed by atoms with Gasteiger partial charge >= 0.3 is 0 Å². The molecule has 0 atom stereocenters. The predicted molar refractivity (Wildman–Crippen MR) is 64.3 cm³/mol. The number of benzene rings is 1. The van der Waals surface area contributed by atoms with Crippen molar-refractivity contribution in [2.75, 3.05) is 11.9 Å². The van der Waals surface area contributed by atoms with E-state index in [0.717, 1.165) is 18.5 Å². The quantitative estimate of drug-likeness (QED) is 0.743. The maximum absolute atomic E-state index is 11.4. The standard InChI is InChI=1S/C13H19NO/c1-5-11-8-7-9-12(6-2)13(11)14(4)10(3)15/h7-9H,5-6H2,1-4H3. The van der Waals surface area contributed by atoms with Crippen molar-refractivity contribution in [1.29, 1.82) is 0 Å². The number of carbonyl (C=O) groups is 1. The molecule has 0 spiro atoms. The Morgan fingerprint density at radius 2 is 1.67 bits per heavy atom. The summed E-state index contributed by atoms with van der Waals surface area (Å²) < 4.78 is 0. The predicted octanol–water partition coefficient (Wildman–Crippen LogP) is 2.79. The monoisotopic (exact) mass is 205 g/mol. The summed E-state index contributed by atoms with van der Waals surface area (Å²) >= 11 is 0. The second-order valence-electron chi connectivity index (χ2n) is 3.71. The zero-order valence-corrected chi connectivity index (χ0v) is 10.0. The Bertz CT molecular complexity index is 335. The zero-order valence-electron chi connectivity index (χ0n) is 10.0. The van der Waals surface area contributed by atoms with E-state index in [1.807, 2.05) is 7.05 Å². The molecule has 0 aliphatic heterocycles. The Morgan fingerprint density at radius 1 is 1.20 bits per heavy atom. The molecule has 2 nitrogen and oxygen atoms in total. The zero-order chi connectivity index (χ0) is 11.4. The Hall–Kier alpha value is -1.31. The Morgan fingerprint density at radius 3 is 2.00 bits per heavy atom. The van der Waals surface area contributed by atoms with E-state index in [1.54, 1.807) is 11.8 Å². The second kappa shape index (κ2) is 4.96. The van der Waals surface area contributed by atoms with Gasteiger partial charge < -0.3 is 4.90 Å². The van der Waals surface area contributed by atoms with Gasteiger partial charge in [-0.25, -0.2) is 0 Å². The summed E-state index contributed by atoms with van der Waals surface area (Å²) in [5, 5.41) is 0. The van der Waals surface area contributed by atoms with Crippen molar-refractivity contribution in [2.45, 2.75) is 33.6 Å². The van der Waals surface area contributed by atoms with Crippen LogP contribution in [-0.2, 0) is 17.6 Å². The van der Waals surface area contributed by atoms with E-state index < -0.39 is 0 Å². The molecule has 0 saturated carbocycles. The highest BCUT2D eigenvalue weighted by molar-refractivity contribution is 5.92. The lowest BCUT2D eigenvalue weighted by Gasteiger charge is -2.22. The number of hydrogen-bond donors (Lipinski definition) is 0. The smallest absolute Gasteiger partial charge is 0.223 e. The molecular formula is C13H19NO. The number of aryl methyl sites for hydroxylation is 2. The number of anilines is 1. The van der Waals surface area contributed by atoms with Gasteiger partial charge in [-0.3, -0.25) is 4.79 Å². The topological polar surface area (TPSA) is 20.3 Å². The number of carbonyl (C=O) groups excluding carboxylic acids is 1. The summed E-state index contributed by atoms with van der Waals surface area (Å²) in [6.07, 6.45) is 1.92. The minimum absolute atomic E-state index is 0.0885.